The summed E-state index contributed by atoms with van der Waals surface area (Å²) >= 11 is 0. The third-order valence-corrected chi connectivity index (χ3v) is 2.76. The minimum Gasteiger partial charge on any atom is -0.481 e. The number of aliphatic carboxylic acids is 1. The molecule has 0 aliphatic carbocycles. The second kappa shape index (κ2) is 7.02. The zero-order valence-corrected chi connectivity index (χ0v) is 10.9. The fourth-order valence-electron chi connectivity index (χ4n) is 1.83. The quantitative estimate of drug-likeness (QED) is 0.758. The molecule has 0 aromatic heterocycles. The lowest BCUT2D eigenvalue weighted by molar-refractivity contribution is -0.137. The van der Waals surface area contributed by atoms with E-state index >= 15 is 0 Å². The van der Waals surface area contributed by atoms with Crippen LogP contribution in [-0.4, -0.2) is 30.3 Å². The highest BCUT2D eigenvalue weighted by atomic mass is 19.4. The highest BCUT2D eigenvalue weighted by Gasteiger charge is 2.26. The molecule has 0 heterocycles. The number of carbonyl (C=O) groups is 1. The molecule has 0 saturated heterocycles. The van der Waals surface area contributed by atoms with Crippen LogP contribution in [0.2, 0.25) is 0 Å². The number of alkyl halides is 3. The van der Waals surface area contributed by atoms with Crippen LogP contribution in [0, 0.1) is 0 Å². The van der Waals surface area contributed by atoms with Crippen LogP contribution in [0.3, 0.4) is 0 Å². The number of hydrogen-bond donors (Lipinski definition) is 2. The van der Waals surface area contributed by atoms with Crippen molar-refractivity contribution in [2.75, 3.05) is 23.7 Å². The topological polar surface area (TPSA) is 66.6 Å². The summed E-state index contributed by atoms with van der Waals surface area (Å²) in [6, 6.07) is 6.73. The van der Waals surface area contributed by atoms with Gasteiger partial charge in [0.1, 0.15) is 0 Å². The zero-order valence-electron chi connectivity index (χ0n) is 10.9. The highest BCUT2D eigenvalue weighted by molar-refractivity contribution is 5.70. The first kappa shape index (κ1) is 16.1. The van der Waals surface area contributed by atoms with E-state index in [4.69, 9.17) is 10.8 Å². The molecular weight excluding hydrogens is 273 g/mol. The zero-order chi connectivity index (χ0) is 15.2. The van der Waals surface area contributed by atoms with Crippen molar-refractivity contribution in [1.29, 1.82) is 0 Å². The molecule has 0 fully saturated rings. The van der Waals surface area contributed by atoms with Crippen LogP contribution >= 0.6 is 0 Å². The number of carboxylic acid groups (broad SMARTS) is 1. The van der Waals surface area contributed by atoms with Gasteiger partial charge >= 0.3 is 12.1 Å². The molecule has 0 spiro atoms. The van der Waals surface area contributed by atoms with Crippen molar-refractivity contribution in [3.63, 3.8) is 0 Å². The second-order valence-electron chi connectivity index (χ2n) is 4.41. The second-order valence-corrected chi connectivity index (χ2v) is 4.41. The standard InChI is InChI=1S/C13H17F3N2O2/c14-13(15,16)7-3-8-18(9-6-12(19)20)11-5-2-1-4-10(11)17/h1-2,4-5H,3,6-9,17H2,(H,19,20). The molecule has 7 heteroatoms. The first-order chi connectivity index (χ1) is 9.29. The summed E-state index contributed by atoms with van der Waals surface area (Å²) in [5.74, 6) is -1.000. The van der Waals surface area contributed by atoms with Gasteiger partial charge in [-0.25, -0.2) is 0 Å². The number of nitrogens with zero attached hydrogens (tertiary/aromatic N) is 1. The summed E-state index contributed by atoms with van der Waals surface area (Å²) in [7, 11) is 0. The van der Waals surface area contributed by atoms with Crippen LogP contribution in [0.15, 0.2) is 24.3 Å². The number of carboxylic acids is 1. The Labute approximate surface area is 115 Å². The lowest BCUT2D eigenvalue weighted by Crippen LogP contribution is -2.29. The van der Waals surface area contributed by atoms with Crippen molar-refractivity contribution in [1.82, 2.24) is 0 Å². The predicted octanol–water partition coefficient (Wildman–Crippen LogP) is 2.89. The van der Waals surface area contributed by atoms with Gasteiger partial charge in [-0.3, -0.25) is 4.79 Å². The monoisotopic (exact) mass is 290 g/mol. The molecule has 0 amide bonds. The number of nitrogen functional groups attached to an aromatic ring is 1. The minimum absolute atomic E-state index is 0.0997. The van der Waals surface area contributed by atoms with Crippen molar-refractivity contribution in [3.05, 3.63) is 24.3 Å². The Hall–Kier alpha value is -1.92. The Morgan fingerprint density at radius 2 is 1.90 bits per heavy atom. The Balaban J connectivity index is 2.70. The van der Waals surface area contributed by atoms with E-state index in [0.29, 0.717) is 11.4 Å². The van der Waals surface area contributed by atoms with Crippen molar-refractivity contribution < 1.29 is 23.1 Å². The molecular formula is C13H17F3N2O2. The summed E-state index contributed by atoms with van der Waals surface area (Å²) in [5.41, 5.74) is 6.76. The fourth-order valence-corrected chi connectivity index (χ4v) is 1.83. The third-order valence-electron chi connectivity index (χ3n) is 2.76. The number of hydrogen-bond acceptors (Lipinski definition) is 3. The van der Waals surface area contributed by atoms with Crippen LogP contribution in [0.4, 0.5) is 24.5 Å². The lowest BCUT2D eigenvalue weighted by atomic mass is 10.2. The van der Waals surface area contributed by atoms with Crippen LogP contribution in [-0.2, 0) is 4.79 Å². The average molecular weight is 290 g/mol. The molecule has 1 rings (SSSR count). The molecule has 20 heavy (non-hydrogen) atoms. The molecule has 0 radical (unpaired) electrons. The third kappa shape index (κ3) is 5.81. The number of nitrogens with two attached hydrogens (primary N) is 1. The smallest absolute Gasteiger partial charge is 0.389 e. The Kier molecular flexibility index (Phi) is 5.66. The summed E-state index contributed by atoms with van der Waals surface area (Å²) < 4.78 is 36.5. The Morgan fingerprint density at radius 3 is 2.45 bits per heavy atom. The van der Waals surface area contributed by atoms with Crippen LogP contribution in [0.25, 0.3) is 0 Å². The van der Waals surface area contributed by atoms with E-state index in [1.54, 1.807) is 29.2 Å². The van der Waals surface area contributed by atoms with Gasteiger partial charge < -0.3 is 15.7 Å². The highest BCUT2D eigenvalue weighted by Crippen LogP contribution is 2.25. The molecule has 0 saturated carbocycles. The molecule has 4 nitrogen and oxygen atoms in total. The van der Waals surface area contributed by atoms with E-state index < -0.39 is 18.6 Å². The Bertz CT molecular complexity index is 449. The van der Waals surface area contributed by atoms with E-state index in [0.717, 1.165) is 0 Å². The number of halogens is 3. The van der Waals surface area contributed by atoms with Gasteiger partial charge in [0, 0.05) is 19.5 Å². The van der Waals surface area contributed by atoms with Gasteiger partial charge in [0.15, 0.2) is 0 Å². The average Bonchev–Trinajstić information content (AvgIpc) is 2.33. The van der Waals surface area contributed by atoms with Gasteiger partial charge in [-0.1, -0.05) is 12.1 Å². The van der Waals surface area contributed by atoms with E-state index in [2.05, 4.69) is 0 Å². The first-order valence-electron chi connectivity index (χ1n) is 6.17. The molecule has 112 valence electrons. The number of benzene rings is 1. The van der Waals surface area contributed by atoms with Crippen molar-refractivity contribution in [3.8, 4) is 0 Å². The van der Waals surface area contributed by atoms with Crippen LogP contribution in [0.5, 0.6) is 0 Å². The summed E-state index contributed by atoms with van der Waals surface area (Å²) in [4.78, 5) is 12.2. The van der Waals surface area contributed by atoms with Gasteiger partial charge in [0.25, 0.3) is 0 Å². The predicted molar refractivity (Wildman–Crippen MR) is 70.6 cm³/mol. The van der Waals surface area contributed by atoms with Gasteiger partial charge in [0.05, 0.1) is 17.8 Å². The van der Waals surface area contributed by atoms with E-state index in [9.17, 15) is 18.0 Å². The maximum absolute atomic E-state index is 12.2. The molecule has 0 atom stereocenters. The van der Waals surface area contributed by atoms with E-state index in [-0.39, 0.29) is 25.9 Å². The Morgan fingerprint density at radius 1 is 1.25 bits per heavy atom. The molecule has 0 aliphatic heterocycles. The SMILES string of the molecule is Nc1ccccc1N(CCCC(F)(F)F)CCC(=O)O. The summed E-state index contributed by atoms with van der Waals surface area (Å²) in [5, 5.41) is 8.70. The largest absolute Gasteiger partial charge is 0.481 e. The lowest BCUT2D eigenvalue weighted by Gasteiger charge is -2.25. The first-order valence-corrected chi connectivity index (χ1v) is 6.17. The van der Waals surface area contributed by atoms with E-state index in [1.807, 2.05) is 0 Å². The summed E-state index contributed by atoms with van der Waals surface area (Å²) in [6.07, 6.45) is -5.36. The normalized spacial score (nSPS) is 11.3. The number of rotatable bonds is 7. The minimum atomic E-state index is -4.21. The van der Waals surface area contributed by atoms with Gasteiger partial charge in [-0.15, -0.1) is 0 Å². The van der Waals surface area contributed by atoms with E-state index in [1.165, 1.54) is 0 Å². The summed E-state index contributed by atoms with van der Waals surface area (Å²) in [6.45, 7) is 0.238. The van der Waals surface area contributed by atoms with Crippen molar-refractivity contribution >= 4 is 17.3 Å². The molecule has 1 aromatic rings. The maximum Gasteiger partial charge on any atom is 0.389 e. The fraction of sp³-hybridized carbons (Fsp3) is 0.462. The molecule has 0 bridgehead atoms. The molecule has 0 aliphatic rings. The molecule has 0 unspecified atom stereocenters. The van der Waals surface area contributed by atoms with Crippen molar-refractivity contribution in [2.24, 2.45) is 0 Å². The molecule has 1 aromatic carbocycles. The van der Waals surface area contributed by atoms with Gasteiger partial charge in [-0.05, 0) is 18.6 Å². The molecule has 3 N–H and O–H groups in total. The van der Waals surface area contributed by atoms with Crippen LogP contribution in [0.1, 0.15) is 19.3 Å². The van der Waals surface area contributed by atoms with Gasteiger partial charge in [-0.2, -0.15) is 13.2 Å². The number of para-hydroxylation sites is 2. The number of anilines is 2. The maximum atomic E-state index is 12.2. The van der Waals surface area contributed by atoms with Crippen LogP contribution < -0.4 is 10.6 Å². The van der Waals surface area contributed by atoms with Crippen molar-refractivity contribution in [2.45, 2.75) is 25.4 Å². The van der Waals surface area contributed by atoms with Gasteiger partial charge in [0.2, 0.25) is 0 Å².